The maximum absolute atomic E-state index is 12.8. The van der Waals surface area contributed by atoms with E-state index in [1.54, 1.807) is 6.20 Å². The zero-order valence-corrected chi connectivity index (χ0v) is 12.0. The van der Waals surface area contributed by atoms with Crippen molar-refractivity contribution < 1.29 is 18.3 Å². The first kappa shape index (κ1) is 15.2. The largest absolute Gasteiger partial charge is 0.417 e. The van der Waals surface area contributed by atoms with E-state index in [0.717, 1.165) is 16.5 Å². The summed E-state index contributed by atoms with van der Waals surface area (Å²) in [6.07, 6.45) is -3.41. The Kier molecular flexibility index (Phi) is 3.82. The predicted molar refractivity (Wildman–Crippen MR) is 77.3 cm³/mol. The van der Waals surface area contributed by atoms with Gasteiger partial charge in [-0.05, 0) is 24.5 Å². The standard InChI is InChI=1S/C16H17F3N2O/c17-16(18,19)15(22)6-9-21(10-7-15)11-13-4-1-3-12-5-2-8-20-14(12)13/h1-5,8,22H,6-7,9-11H2. The smallest absolute Gasteiger partial charge is 0.380 e. The average molecular weight is 310 g/mol. The average Bonchev–Trinajstić information content (AvgIpc) is 2.49. The number of piperidine rings is 1. The SMILES string of the molecule is OC1(C(F)(F)F)CCN(Cc2cccc3cccnc23)CC1. The Bertz CT molecular complexity index is 658. The third kappa shape index (κ3) is 2.80. The van der Waals surface area contributed by atoms with Crippen LogP contribution in [-0.4, -0.2) is 39.9 Å². The van der Waals surface area contributed by atoms with Gasteiger partial charge in [-0.3, -0.25) is 9.88 Å². The zero-order chi connectivity index (χ0) is 15.8. The summed E-state index contributed by atoms with van der Waals surface area (Å²) in [5, 5.41) is 10.7. The molecule has 0 saturated carbocycles. The molecule has 0 amide bonds. The van der Waals surface area contributed by atoms with E-state index in [1.807, 2.05) is 35.2 Å². The molecule has 22 heavy (non-hydrogen) atoms. The van der Waals surface area contributed by atoms with Crippen LogP contribution < -0.4 is 0 Å². The number of aromatic nitrogens is 1. The van der Waals surface area contributed by atoms with Gasteiger partial charge in [0.15, 0.2) is 5.60 Å². The number of hydrogen-bond acceptors (Lipinski definition) is 3. The van der Waals surface area contributed by atoms with Crippen molar-refractivity contribution in [1.82, 2.24) is 9.88 Å². The van der Waals surface area contributed by atoms with Crippen LogP contribution in [0.15, 0.2) is 36.5 Å². The Hall–Kier alpha value is -1.66. The molecule has 0 radical (unpaired) electrons. The molecule has 1 aromatic carbocycles. The third-order valence-electron chi connectivity index (χ3n) is 4.32. The highest BCUT2D eigenvalue weighted by Crippen LogP contribution is 2.38. The van der Waals surface area contributed by atoms with Crippen LogP contribution >= 0.6 is 0 Å². The molecule has 1 saturated heterocycles. The molecule has 2 aromatic rings. The second-order valence-corrected chi connectivity index (χ2v) is 5.80. The molecule has 0 atom stereocenters. The van der Waals surface area contributed by atoms with Gasteiger partial charge in [0.05, 0.1) is 5.52 Å². The van der Waals surface area contributed by atoms with E-state index in [1.165, 1.54) is 0 Å². The number of halogens is 3. The van der Waals surface area contributed by atoms with Gasteiger partial charge in [0.25, 0.3) is 0 Å². The summed E-state index contributed by atoms with van der Waals surface area (Å²) in [5.74, 6) is 0. The molecule has 1 aromatic heterocycles. The first-order valence-electron chi connectivity index (χ1n) is 7.23. The van der Waals surface area contributed by atoms with Gasteiger partial charge < -0.3 is 5.11 Å². The number of benzene rings is 1. The number of hydrogen-bond donors (Lipinski definition) is 1. The second-order valence-electron chi connectivity index (χ2n) is 5.80. The van der Waals surface area contributed by atoms with Gasteiger partial charge >= 0.3 is 6.18 Å². The highest BCUT2D eigenvalue weighted by Gasteiger charge is 2.54. The summed E-state index contributed by atoms with van der Waals surface area (Å²) in [6.45, 7) is 0.987. The van der Waals surface area contributed by atoms with Crippen LogP contribution in [0, 0.1) is 0 Å². The van der Waals surface area contributed by atoms with E-state index in [0.29, 0.717) is 6.54 Å². The molecule has 0 bridgehead atoms. The summed E-state index contributed by atoms with van der Waals surface area (Å²) in [5.41, 5.74) is -0.669. The van der Waals surface area contributed by atoms with Crippen molar-refractivity contribution in [3.63, 3.8) is 0 Å². The molecule has 1 N–H and O–H groups in total. The lowest BCUT2D eigenvalue weighted by atomic mass is 9.90. The van der Waals surface area contributed by atoms with E-state index in [-0.39, 0.29) is 25.9 Å². The molecule has 1 aliphatic heterocycles. The Balaban J connectivity index is 1.73. The number of para-hydroxylation sites is 1. The van der Waals surface area contributed by atoms with Gasteiger partial charge in [0.1, 0.15) is 0 Å². The summed E-state index contributed by atoms with van der Waals surface area (Å²) in [4.78, 5) is 6.29. The van der Waals surface area contributed by atoms with Gasteiger partial charge in [-0.2, -0.15) is 13.2 Å². The number of fused-ring (bicyclic) bond motifs is 1. The maximum Gasteiger partial charge on any atom is 0.417 e. The lowest BCUT2D eigenvalue weighted by molar-refractivity contribution is -0.272. The molecule has 0 spiro atoms. The van der Waals surface area contributed by atoms with Gasteiger partial charge in [0.2, 0.25) is 0 Å². The lowest BCUT2D eigenvalue weighted by Gasteiger charge is -2.39. The molecule has 1 aliphatic rings. The van der Waals surface area contributed by atoms with Gasteiger partial charge in [-0.1, -0.05) is 24.3 Å². The monoisotopic (exact) mass is 310 g/mol. The summed E-state index contributed by atoms with van der Waals surface area (Å²) >= 11 is 0. The maximum atomic E-state index is 12.8. The van der Waals surface area contributed by atoms with Crippen LogP contribution in [0.1, 0.15) is 18.4 Å². The van der Waals surface area contributed by atoms with Gasteiger partial charge in [-0.25, -0.2) is 0 Å². The number of likely N-dealkylation sites (tertiary alicyclic amines) is 1. The fourth-order valence-corrected chi connectivity index (χ4v) is 2.90. The first-order valence-corrected chi connectivity index (χ1v) is 7.23. The molecule has 6 heteroatoms. The van der Waals surface area contributed by atoms with Crippen LogP contribution in [0.4, 0.5) is 13.2 Å². The van der Waals surface area contributed by atoms with Crippen molar-refractivity contribution in [3.05, 3.63) is 42.1 Å². The Morgan fingerprint density at radius 2 is 1.82 bits per heavy atom. The van der Waals surface area contributed by atoms with Crippen molar-refractivity contribution in [2.45, 2.75) is 31.2 Å². The molecule has 118 valence electrons. The van der Waals surface area contributed by atoms with Crippen LogP contribution in [0.5, 0.6) is 0 Å². The second kappa shape index (κ2) is 5.52. The quantitative estimate of drug-likeness (QED) is 0.926. The van der Waals surface area contributed by atoms with Crippen molar-refractivity contribution in [3.8, 4) is 0 Å². The fourth-order valence-electron chi connectivity index (χ4n) is 2.90. The highest BCUT2D eigenvalue weighted by molar-refractivity contribution is 5.81. The molecule has 0 unspecified atom stereocenters. The minimum absolute atomic E-state index is 0.221. The first-order chi connectivity index (χ1) is 10.4. The van der Waals surface area contributed by atoms with Crippen LogP contribution in [-0.2, 0) is 6.54 Å². The predicted octanol–water partition coefficient (Wildman–Crippen LogP) is 3.12. The van der Waals surface area contributed by atoms with Crippen molar-refractivity contribution in [2.24, 2.45) is 0 Å². The molecule has 1 fully saturated rings. The Morgan fingerprint density at radius 1 is 1.14 bits per heavy atom. The molecule has 2 heterocycles. The number of pyridine rings is 1. The number of alkyl halides is 3. The van der Waals surface area contributed by atoms with Crippen molar-refractivity contribution >= 4 is 10.9 Å². The fraction of sp³-hybridized carbons (Fsp3) is 0.438. The number of nitrogens with zero attached hydrogens (tertiary/aromatic N) is 2. The normalized spacial score (nSPS) is 19.5. The minimum Gasteiger partial charge on any atom is -0.380 e. The third-order valence-corrected chi connectivity index (χ3v) is 4.32. The van der Waals surface area contributed by atoms with E-state index in [4.69, 9.17) is 0 Å². The molecule has 3 rings (SSSR count). The summed E-state index contributed by atoms with van der Waals surface area (Å²) in [6, 6.07) is 9.65. The molecular weight excluding hydrogens is 293 g/mol. The van der Waals surface area contributed by atoms with Gasteiger partial charge in [-0.15, -0.1) is 0 Å². The lowest BCUT2D eigenvalue weighted by Crippen LogP contribution is -2.53. The van der Waals surface area contributed by atoms with Crippen LogP contribution in [0.25, 0.3) is 10.9 Å². The van der Waals surface area contributed by atoms with E-state index in [9.17, 15) is 18.3 Å². The molecule has 3 nitrogen and oxygen atoms in total. The van der Waals surface area contributed by atoms with E-state index < -0.39 is 11.8 Å². The summed E-state index contributed by atoms with van der Waals surface area (Å²) < 4.78 is 38.4. The van der Waals surface area contributed by atoms with Crippen LogP contribution in [0.2, 0.25) is 0 Å². The minimum atomic E-state index is -4.56. The van der Waals surface area contributed by atoms with Crippen molar-refractivity contribution in [2.75, 3.05) is 13.1 Å². The van der Waals surface area contributed by atoms with Crippen LogP contribution in [0.3, 0.4) is 0 Å². The number of rotatable bonds is 2. The zero-order valence-electron chi connectivity index (χ0n) is 12.0. The molecular formula is C16H17F3N2O. The Labute approximate surface area is 126 Å². The topological polar surface area (TPSA) is 36.4 Å². The van der Waals surface area contributed by atoms with E-state index in [2.05, 4.69) is 4.98 Å². The highest BCUT2D eigenvalue weighted by atomic mass is 19.4. The molecule has 0 aliphatic carbocycles. The summed E-state index contributed by atoms with van der Waals surface area (Å²) in [7, 11) is 0. The van der Waals surface area contributed by atoms with Gasteiger partial charge in [0, 0.05) is 31.2 Å². The Morgan fingerprint density at radius 3 is 2.50 bits per heavy atom. The number of aliphatic hydroxyl groups is 1. The van der Waals surface area contributed by atoms with E-state index >= 15 is 0 Å². The van der Waals surface area contributed by atoms with Crippen molar-refractivity contribution in [1.29, 1.82) is 0 Å².